The number of carbonyl (C=O) groups is 1. The summed E-state index contributed by atoms with van der Waals surface area (Å²) in [4.78, 5) is 16.3. The Kier molecular flexibility index (Phi) is 9.20. The molecule has 1 aliphatic heterocycles. The van der Waals surface area contributed by atoms with Crippen LogP contribution in [-0.2, 0) is 0 Å². The smallest absolute Gasteiger partial charge is 0.208 e. The number of aromatic hydroxyl groups is 1. The Balaban J connectivity index is 0.00000164. The molecule has 2 heterocycles. The lowest BCUT2D eigenvalue weighted by molar-refractivity contribution is 0.104. The van der Waals surface area contributed by atoms with Crippen molar-refractivity contribution in [1.82, 2.24) is 4.90 Å². The second-order valence-corrected chi connectivity index (χ2v) is 10.3. The molecule has 0 bridgehead atoms. The minimum atomic E-state index is -0.505. The summed E-state index contributed by atoms with van der Waals surface area (Å²) >= 11 is 7.45. The summed E-state index contributed by atoms with van der Waals surface area (Å²) in [6.07, 6.45) is 2.50. The predicted octanol–water partition coefficient (Wildman–Crippen LogP) is 7.79. The highest BCUT2D eigenvalue weighted by Gasteiger charge is 2.25. The monoisotopic (exact) mass is 559 g/mol. The van der Waals surface area contributed by atoms with Crippen LogP contribution in [0.2, 0.25) is 5.02 Å². The number of carbonyl (C=O) groups excluding carboxylic acids is 1. The van der Waals surface area contributed by atoms with Gasteiger partial charge in [0.1, 0.15) is 34.5 Å². The van der Waals surface area contributed by atoms with Crippen LogP contribution in [0.4, 0.5) is 8.78 Å². The van der Waals surface area contributed by atoms with Gasteiger partial charge in [0.05, 0.1) is 12.2 Å². The highest BCUT2D eigenvalue weighted by molar-refractivity contribution is 7.21. The van der Waals surface area contributed by atoms with E-state index in [9.17, 15) is 18.7 Å². The molecule has 1 aromatic heterocycles. The molecule has 9 heteroatoms. The van der Waals surface area contributed by atoms with Crippen LogP contribution in [0, 0.1) is 12.7 Å². The van der Waals surface area contributed by atoms with E-state index in [1.807, 2.05) is 12.1 Å². The maximum Gasteiger partial charge on any atom is 0.208 e. The number of aryl methyl sites for hydroxylation is 1. The van der Waals surface area contributed by atoms with E-state index in [1.165, 1.54) is 30.2 Å². The molecule has 0 amide bonds. The Hall–Kier alpha value is -3.20. The average Bonchev–Trinajstić information content (AvgIpc) is 3.53. The minimum absolute atomic E-state index is 0.0409. The average molecular weight is 560 g/mol. The van der Waals surface area contributed by atoms with Crippen LogP contribution < -0.4 is 9.47 Å². The van der Waals surface area contributed by atoms with Gasteiger partial charge in [0, 0.05) is 22.2 Å². The lowest BCUT2D eigenvalue weighted by Crippen LogP contribution is -2.25. The van der Waals surface area contributed by atoms with Gasteiger partial charge < -0.3 is 14.6 Å². The standard InChI is InChI=1S/C28H25ClFNO4S.CH3F/c1-17-14-18(30)15-23(29)25(17)26(33)28-27(22-9-4-19(32)16-24(22)36-28)35-21-7-5-20(6-8-21)34-13-12-31-10-2-3-11-31;1-2/h4-9,14-16,32H,2-3,10-13H2,1H3;1H3. The summed E-state index contributed by atoms with van der Waals surface area (Å²) in [5.74, 6) is 0.852. The fraction of sp³-hybridized carbons (Fsp3) is 0.276. The van der Waals surface area contributed by atoms with E-state index in [2.05, 4.69) is 4.90 Å². The van der Waals surface area contributed by atoms with Gasteiger partial charge in [-0.15, -0.1) is 11.3 Å². The molecule has 0 saturated carbocycles. The van der Waals surface area contributed by atoms with Crippen molar-refractivity contribution in [2.75, 3.05) is 33.4 Å². The minimum Gasteiger partial charge on any atom is -0.508 e. The van der Waals surface area contributed by atoms with Crippen molar-refractivity contribution in [2.45, 2.75) is 19.8 Å². The number of thiophene rings is 1. The van der Waals surface area contributed by atoms with E-state index in [-0.39, 0.29) is 22.1 Å². The first-order chi connectivity index (χ1) is 18.4. The van der Waals surface area contributed by atoms with E-state index in [1.54, 1.807) is 37.3 Å². The molecule has 1 N–H and O–H groups in total. The molecular weight excluding hydrogens is 532 g/mol. The Morgan fingerprint density at radius 3 is 2.42 bits per heavy atom. The maximum atomic E-state index is 13.8. The molecule has 200 valence electrons. The first-order valence-electron chi connectivity index (χ1n) is 12.2. The number of benzene rings is 3. The number of hydrogen-bond donors (Lipinski definition) is 1. The second kappa shape index (κ2) is 12.6. The van der Waals surface area contributed by atoms with Crippen LogP contribution in [0.5, 0.6) is 23.0 Å². The van der Waals surface area contributed by atoms with Gasteiger partial charge in [-0.25, -0.2) is 4.39 Å². The van der Waals surface area contributed by atoms with Crippen LogP contribution >= 0.6 is 22.9 Å². The molecule has 4 aromatic rings. The maximum absolute atomic E-state index is 13.8. The molecule has 1 aliphatic rings. The SMILES string of the molecule is CF.Cc1cc(F)cc(Cl)c1C(=O)c1sc2cc(O)ccc2c1Oc1ccc(OCCN2CCCC2)cc1. The molecule has 1 saturated heterocycles. The number of alkyl halides is 1. The predicted molar refractivity (Wildman–Crippen MR) is 148 cm³/mol. The Bertz CT molecular complexity index is 1400. The Morgan fingerprint density at radius 2 is 1.74 bits per heavy atom. The number of ether oxygens (including phenoxy) is 2. The first kappa shape index (κ1) is 27.8. The number of hydrogen-bond acceptors (Lipinski definition) is 6. The molecule has 0 spiro atoms. The van der Waals surface area contributed by atoms with Crippen molar-refractivity contribution in [3.63, 3.8) is 0 Å². The molecule has 38 heavy (non-hydrogen) atoms. The van der Waals surface area contributed by atoms with Crippen LogP contribution in [0.15, 0.2) is 54.6 Å². The van der Waals surface area contributed by atoms with Crippen molar-refractivity contribution in [3.8, 4) is 23.0 Å². The second-order valence-electron chi connectivity index (χ2n) is 8.82. The van der Waals surface area contributed by atoms with Gasteiger partial charge in [-0.1, -0.05) is 11.6 Å². The zero-order valence-electron chi connectivity index (χ0n) is 21.1. The van der Waals surface area contributed by atoms with Crippen molar-refractivity contribution in [1.29, 1.82) is 0 Å². The van der Waals surface area contributed by atoms with Crippen molar-refractivity contribution in [2.24, 2.45) is 0 Å². The molecule has 0 unspecified atom stereocenters. The Labute approximate surface area is 229 Å². The van der Waals surface area contributed by atoms with Gasteiger partial charge in [-0.3, -0.25) is 14.1 Å². The van der Waals surface area contributed by atoms with Crippen LogP contribution in [0.3, 0.4) is 0 Å². The summed E-state index contributed by atoms with van der Waals surface area (Å²) in [5.41, 5.74) is 0.659. The van der Waals surface area contributed by atoms with Crippen LogP contribution in [-0.4, -0.2) is 49.2 Å². The van der Waals surface area contributed by atoms with Gasteiger partial charge in [0.15, 0.2) is 5.75 Å². The van der Waals surface area contributed by atoms with E-state index in [0.717, 1.165) is 31.5 Å². The lowest BCUT2D eigenvalue weighted by atomic mass is 10.0. The quantitative estimate of drug-likeness (QED) is 0.223. The third kappa shape index (κ3) is 6.26. The summed E-state index contributed by atoms with van der Waals surface area (Å²) < 4.78 is 36.1. The van der Waals surface area contributed by atoms with Crippen molar-refractivity contribution < 1.29 is 28.2 Å². The van der Waals surface area contributed by atoms with Crippen LogP contribution in [0.25, 0.3) is 10.1 Å². The number of likely N-dealkylation sites (tertiary alicyclic amines) is 1. The summed E-state index contributed by atoms with van der Waals surface area (Å²) in [5, 5.41) is 10.7. The summed E-state index contributed by atoms with van der Waals surface area (Å²) in [6.45, 7) is 5.43. The number of halogens is 3. The molecule has 5 nitrogen and oxygen atoms in total. The Morgan fingerprint density at radius 1 is 1.05 bits per heavy atom. The van der Waals surface area contributed by atoms with Gasteiger partial charge in [-0.2, -0.15) is 0 Å². The van der Waals surface area contributed by atoms with Gasteiger partial charge >= 0.3 is 0 Å². The molecule has 0 aliphatic carbocycles. The summed E-state index contributed by atoms with van der Waals surface area (Å²) in [7, 11) is 0.500. The van der Waals surface area contributed by atoms with E-state index in [0.29, 0.717) is 45.8 Å². The molecule has 1 fully saturated rings. The molecule has 0 atom stereocenters. The van der Waals surface area contributed by atoms with Crippen molar-refractivity contribution in [3.05, 3.63) is 81.4 Å². The summed E-state index contributed by atoms with van der Waals surface area (Å²) in [6, 6.07) is 14.5. The number of ketones is 1. The lowest BCUT2D eigenvalue weighted by Gasteiger charge is -2.15. The fourth-order valence-corrected chi connectivity index (χ4v) is 5.88. The molecule has 3 aromatic carbocycles. The highest BCUT2D eigenvalue weighted by Crippen LogP contribution is 2.43. The zero-order chi connectivity index (χ0) is 27.2. The normalized spacial score (nSPS) is 13.3. The van der Waals surface area contributed by atoms with Gasteiger partial charge in [0.25, 0.3) is 0 Å². The largest absolute Gasteiger partial charge is 0.508 e. The molecule has 0 radical (unpaired) electrons. The topological polar surface area (TPSA) is 59.0 Å². The van der Waals surface area contributed by atoms with E-state index < -0.39 is 5.82 Å². The molecule has 5 rings (SSSR count). The number of phenols is 1. The fourth-order valence-electron chi connectivity index (χ4n) is 4.44. The molecular formula is C29H28ClF2NO4S. The number of rotatable bonds is 8. The number of nitrogens with zero attached hydrogens (tertiary/aromatic N) is 1. The van der Waals surface area contributed by atoms with Gasteiger partial charge in [0.2, 0.25) is 5.78 Å². The third-order valence-electron chi connectivity index (χ3n) is 6.23. The first-order valence-corrected chi connectivity index (χ1v) is 13.4. The van der Waals surface area contributed by atoms with Crippen LogP contribution in [0.1, 0.15) is 33.6 Å². The van der Waals surface area contributed by atoms with Crippen molar-refractivity contribution >= 4 is 38.8 Å². The number of fused-ring (bicyclic) bond motifs is 1. The highest BCUT2D eigenvalue weighted by atomic mass is 35.5. The van der Waals surface area contributed by atoms with E-state index >= 15 is 0 Å². The zero-order valence-corrected chi connectivity index (χ0v) is 22.7. The van der Waals surface area contributed by atoms with Gasteiger partial charge in [-0.05, 0) is 93.0 Å². The number of phenolic OH excluding ortho intramolecular Hbond substituents is 1. The third-order valence-corrected chi connectivity index (χ3v) is 7.66. The van der Waals surface area contributed by atoms with E-state index in [4.69, 9.17) is 21.1 Å².